The third-order valence-electron chi connectivity index (χ3n) is 3.46. The van der Waals surface area contributed by atoms with Crippen LogP contribution in [0.1, 0.15) is 0 Å². The fourth-order valence-electron chi connectivity index (χ4n) is 2.33. The van der Waals surface area contributed by atoms with E-state index in [1.165, 1.54) is 20.6 Å². The summed E-state index contributed by atoms with van der Waals surface area (Å²) in [5.41, 5.74) is 2.30. The average Bonchev–Trinajstić information content (AvgIpc) is 2.58. The normalized spacial score (nSPS) is 11.0. The van der Waals surface area contributed by atoms with E-state index in [1.54, 1.807) is 7.11 Å². The number of hydrogen-bond donors (Lipinski definition) is 0. The summed E-state index contributed by atoms with van der Waals surface area (Å²) in [6.45, 7) is 0. The molecule has 0 spiro atoms. The van der Waals surface area contributed by atoms with E-state index in [4.69, 9.17) is 4.74 Å². The topological polar surface area (TPSA) is 9.23 Å². The molecule has 0 aromatic heterocycles. The number of methoxy groups -OCH3 is 1. The maximum atomic E-state index is 5.44. The molecule has 3 heteroatoms. The zero-order chi connectivity index (χ0) is 15.4. The van der Waals surface area contributed by atoms with Crippen LogP contribution in [0.3, 0.4) is 0 Å². The molecule has 0 radical (unpaired) electrons. The van der Waals surface area contributed by atoms with Crippen molar-refractivity contribution in [3.8, 4) is 16.9 Å². The fraction of sp³-hybridized carbons (Fsp3) is 0.0526. The Balaban J connectivity index is 1.86. The Labute approximate surface area is 141 Å². The standard InChI is InChI=1S/C19H16BrOP/c1-21-18-8-4-2-6-16(18)14-10-12-15(13-11-14)22-19-9-5-3-7-17(19)20/h2-13,22H,1H3. The number of halogens is 1. The van der Waals surface area contributed by atoms with Crippen molar-refractivity contribution < 1.29 is 4.74 Å². The molecule has 0 N–H and O–H groups in total. The zero-order valence-electron chi connectivity index (χ0n) is 12.2. The molecule has 1 atom stereocenters. The van der Waals surface area contributed by atoms with Gasteiger partial charge in [-0.05, 0) is 28.3 Å². The second kappa shape index (κ2) is 7.09. The van der Waals surface area contributed by atoms with Gasteiger partial charge in [-0.1, -0.05) is 85.2 Å². The van der Waals surface area contributed by atoms with Crippen molar-refractivity contribution in [3.05, 3.63) is 77.3 Å². The van der Waals surface area contributed by atoms with Gasteiger partial charge >= 0.3 is 0 Å². The summed E-state index contributed by atoms with van der Waals surface area (Å²) >= 11 is 3.61. The van der Waals surface area contributed by atoms with E-state index in [1.807, 2.05) is 24.3 Å². The predicted octanol–water partition coefficient (Wildman–Crippen LogP) is 4.75. The Kier molecular flexibility index (Phi) is 4.92. The number of ether oxygens (including phenoxy) is 1. The molecule has 3 rings (SSSR count). The van der Waals surface area contributed by atoms with Gasteiger partial charge in [0.05, 0.1) is 7.11 Å². The van der Waals surface area contributed by atoms with Crippen LogP contribution in [0.25, 0.3) is 11.1 Å². The highest BCUT2D eigenvalue weighted by molar-refractivity contribution is 9.10. The number of rotatable bonds is 4. The lowest BCUT2D eigenvalue weighted by molar-refractivity contribution is 0.416. The summed E-state index contributed by atoms with van der Waals surface area (Å²) in [5.74, 6) is 0.906. The molecule has 0 bridgehead atoms. The quantitative estimate of drug-likeness (QED) is 0.602. The highest BCUT2D eigenvalue weighted by atomic mass is 79.9. The van der Waals surface area contributed by atoms with Gasteiger partial charge in [-0.2, -0.15) is 0 Å². The molecule has 0 fully saturated rings. The highest BCUT2D eigenvalue weighted by Gasteiger charge is 2.05. The summed E-state index contributed by atoms with van der Waals surface area (Å²) in [7, 11) is 2.36. The van der Waals surface area contributed by atoms with Crippen LogP contribution < -0.4 is 15.3 Å². The molecular weight excluding hydrogens is 355 g/mol. The van der Waals surface area contributed by atoms with E-state index in [9.17, 15) is 0 Å². The van der Waals surface area contributed by atoms with Crippen LogP contribution in [-0.2, 0) is 0 Å². The van der Waals surface area contributed by atoms with Crippen molar-refractivity contribution in [2.75, 3.05) is 7.11 Å². The monoisotopic (exact) mass is 370 g/mol. The SMILES string of the molecule is COc1ccccc1-c1ccc(Pc2ccccc2Br)cc1. The van der Waals surface area contributed by atoms with Crippen molar-refractivity contribution >= 4 is 35.1 Å². The van der Waals surface area contributed by atoms with E-state index in [0.29, 0.717) is 8.58 Å². The molecule has 1 nitrogen and oxygen atoms in total. The summed E-state index contributed by atoms with van der Waals surface area (Å²) < 4.78 is 6.61. The molecule has 0 heterocycles. The molecule has 0 aliphatic heterocycles. The van der Waals surface area contributed by atoms with Crippen molar-refractivity contribution in [2.45, 2.75) is 0 Å². The molecule has 0 aliphatic carbocycles. The van der Waals surface area contributed by atoms with E-state index in [2.05, 4.69) is 64.5 Å². The number of benzene rings is 3. The molecule has 1 unspecified atom stereocenters. The Bertz CT molecular complexity index is 768. The Morgan fingerprint density at radius 2 is 1.50 bits per heavy atom. The van der Waals surface area contributed by atoms with Crippen molar-refractivity contribution in [2.24, 2.45) is 0 Å². The third-order valence-corrected chi connectivity index (χ3v) is 5.84. The van der Waals surface area contributed by atoms with Crippen molar-refractivity contribution in [1.29, 1.82) is 0 Å². The van der Waals surface area contributed by atoms with Crippen molar-refractivity contribution in [3.63, 3.8) is 0 Å². The molecule has 3 aromatic rings. The molecule has 0 saturated carbocycles. The minimum atomic E-state index is 0.649. The maximum Gasteiger partial charge on any atom is 0.126 e. The summed E-state index contributed by atoms with van der Waals surface area (Å²) in [6.07, 6.45) is 0. The Morgan fingerprint density at radius 1 is 0.818 bits per heavy atom. The van der Waals surface area contributed by atoms with Crippen LogP contribution in [0.4, 0.5) is 0 Å². The first kappa shape index (κ1) is 15.3. The van der Waals surface area contributed by atoms with Gasteiger partial charge in [0, 0.05) is 10.0 Å². The summed E-state index contributed by atoms with van der Waals surface area (Å²) in [6, 6.07) is 25.2. The zero-order valence-corrected chi connectivity index (χ0v) is 14.8. The van der Waals surface area contributed by atoms with Gasteiger partial charge in [0.25, 0.3) is 0 Å². The second-order valence-electron chi connectivity index (χ2n) is 4.88. The molecule has 22 heavy (non-hydrogen) atoms. The van der Waals surface area contributed by atoms with E-state index < -0.39 is 0 Å². The van der Waals surface area contributed by atoms with Gasteiger partial charge in [0.15, 0.2) is 0 Å². The molecule has 0 saturated heterocycles. The van der Waals surface area contributed by atoms with E-state index >= 15 is 0 Å². The first-order valence-electron chi connectivity index (χ1n) is 7.03. The fourth-order valence-corrected chi connectivity index (χ4v) is 3.94. The summed E-state index contributed by atoms with van der Waals surface area (Å²) in [5, 5.41) is 2.65. The predicted molar refractivity (Wildman–Crippen MR) is 100 cm³/mol. The molecule has 3 aromatic carbocycles. The minimum absolute atomic E-state index is 0.649. The smallest absolute Gasteiger partial charge is 0.126 e. The Morgan fingerprint density at radius 3 is 2.23 bits per heavy atom. The lowest BCUT2D eigenvalue weighted by atomic mass is 10.1. The third kappa shape index (κ3) is 3.40. The van der Waals surface area contributed by atoms with Crippen LogP contribution in [0.15, 0.2) is 77.3 Å². The molecular formula is C19H16BrOP. The maximum absolute atomic E-state index is 5.44. The first-order valence-corrected chi connectivity index (χ1v) is 8.82. The Hall–Kier alpha value is -1.63. The van der Waals surface area contributed by atoms with Gasteiger partial charge in [0.1, 0.15) is 5.75 Å². The lowest BCUT2D eigenvalue weighted by Gasteiger charge is -2.09. The average molecular weight is 371 g/mol. The molecule has 0 aliphatic rings. The van der Waals surface area contributed by atoms with Gasteiger partial charge in [-0.15, -0.1) is 0 Å². The second-order valence-corrected chi connectivity index (χ2v) is 7.10. The molecule has 110 valence electrons. The van der Waals surface area contributed by atoms with E-state index in [0.717, 1.165) is 11.3 Å². The minimum Gasteiger partial charge on any atom is -0.496 e. The molecule has 0 amide bonds. The van der Waals surface area contributed by atoms with Gasteiger partial charge in [-0.25, -0.2) is 0 Å². The van der Waals surface area contributed by atoms with Gasteiger partial charge in [0.2, 0.25) is 0 Å². The van der Waals surface area contributed by atoms with Gasteiger partial charge in [-0.3, -0.25) is 0 Å². The first-order chi connectivity index (χ1) is 10.8. The number of hydrogen-bond acceptors (Lipinski definition) is 1. The van der Waals surface area contributed by atoms with Gasteiger partial charge < -0.3 is 4.74 Å². The highest BCUT2D eigenvalue weighted by Crippen LogP contribution is 2.29. The largest absolute Gasteiger partial charge is 0.496 e. The van der Waals surface area contributed by atoms with E-state index in [-0.39, 0.29) is 0 Å². The van der Waals surface area contributed by atoms with Crippen LogP contribution >= 0.6 is 24.5 Å². The number of para-hydroxylation sites is 1. The van der Waals surface area contributed by atoms with Crippen LogP contribution in [0.2, 0.25) is 0 Å². The van der Waals surface area contributed by atoms with Crippen molar-refractivity contribution in [1.82, 2.24) is 0 Å². The van der Waals surface area contributed by atoms with Crippen LogP contribution in [0.5, 0.6) is 5.75 Å². The summed E-state index contributed by atoms with van der Waals surface area (Å²) in [4.78, 5) is 0. The lowest BCUT2D eigenvalue weighted by Crippen LogP contribution is -2.04. The van der Waals surface area contributed by atoms with Crippen LogP contribution in [0, 0.1) is 0 Å². The van der Waals surface area contributed by atoms with Crippen LogP contribution in [-0.4, -0.2) is 7.11 Å².